The zero-order chi connectivity index (χ0) is 46.5. The molecule has 7 aromatic rings. The smallest absolute Gasteiger partial charge is 0.407 e. The van der Waals surface area contributed by atoms with Crippen LogP contribution in [0.4, 0.5) is 13.6 Å². The summed E-state index contributed by atoms with van der Waals surface area (Å²) >= 11 is 0. The molecule has 5 atom stereocenters. The number of carbonyl (C=O) groups is 4. The molecule has 1 unspecified atom stereocenters. The molecule has 10 rings (SSSR count). The van der Waals surface area contributed by atoms with E-state index in [1.54, 1.807) is 17.0 Å². The number of ether oxygens (including phenoxy) is 2. The molecule has 5 aromatic carbocycles. The lowest BCUT2D eigenvalue weighted by atomic mass is 9.98. The predicted octanol–water partition coefficient (Wildman–Crippen LogP) is 8.85. The van der Waals surface area contributed by atoms with E-state index >= 15 is 0 Å². The normalized spacial score (nSPS) is 19.5. The summed E-state index contributed by atoms with van der Waals surface area (Å²) < 4.78 is 36.0. The van der Waals surface area contributed by atoms with E-state index < -0.39 is 30.8 Å². The van der Waals surface area contributed by atoms with Crippen LogP contribution in [0.5, 0.6) is 0 Å². The van der Waals surface area contributed by atoms with E-state index in [-0.39, 0.29) is 54.7 Å². The fourth-order valence-electron chi connectivity index (χ4n) is 9.98. The molecule has 14 nitrogen and oxygen atoms in total. The van der Waals surface area contributed by atoms with E-state index in [4.69, 9.17) is 19.4 Å². The van der Waals surface area contributed by atoms with Crippen molar-refractivity contribution in [3.8, 4) is 11.1 Å². The number of likely N-dealkylation sites (tertiary alicyclic amines) is 2. The number of alkyl carbamates (subject to hydrolysis) is 1. The van der Waals surface area contributed by atoms with Gasteiger partial charge in [-0.2, -0.15) is 8.78 Å². The Labute approximate surface area is 384 Å². The van der Waals surface area contributed by atoms with Gasteiger partial charge in [0.2, 0.25) is 17.7 Å². The minimum atomic E-state index is -2.94. The van der Waals surface area contributed by atoms with Crippen LogP contribution >= 0.6 is 0 Å². The average Bonchev–Trinajstić information content (AvgIpc) is 3.67. The molecule has 4 N–H and O–H groups in total. The van der Waals surface area contributed by atoms with Crippen molar-refractivity contribution in [2.45, 2.75) is 76.7 Å². The number of H-pyrrole nitrogens is 2. The van der Waals surface area contributed by atoms with Gasteiger partial charge >= 0.3 is 12.7 Å². The average molecular weight is 911 g/mol. The second kappa shape index (κ2) is 18.0. The highest BCUT2D eigenvalue weighted by molar-refractivity contribution is 6.07. The molecule has 1 aliphatic carbocycles. The summed E-state index contributed by atoms with van der Waals surface area (Å²) in [6, 6.07) is 27.2. The van der Waals surface area contributed by atoms with Crippen molar-refractivity contribution in [2.75, 3.05) is 26.8 Å². The summed E-state index contributed by atoms with van der Waals surface area (Å²) in [4.78, 5) is 73.9. The van der Waals surface area contributed by atoms with Crippen molar-refractivity contribution in [2.24, 2.45) is 17.8 Å². The second-order valence-electron chi connectivity index (χ2n) is 18.4. The van der Waals surface area contributed by atoms with E-state index in [0.717, 1.165) is 74.9 Å². The maximum Gasteiger partial charge on any atom is 0.407 e. The first-order valence-corrected chi connectivity index (χ1v) is 23.0. The molecular formula is C51H52F2N8O6. The van der Waals surface area contributed by atoms with Crippen molar-refractivity contribution in [3.05, 3.63) is 108 Å². The van der Waals surface area contributed by atoms with Crippen molar-refractivity contribution in [3.63, 3.8) is 0 Å². The fourth-order valence-corrected chi connectivity index (χ4v) is 9.98. The molecule has 346 valence electrons. The van der Waals surface area contributed by atoms with Crippen molar-refractivity contribution in [1.82, 2.24) is 40.4 Å². The topological polar surface area (TPSA) is 175 Å². The Morgan fingerprint density at radius 1 is 0.761 bits per heavy atom. The minimum Gasteiger partial charge on any atom is -0.453 e. The third kappa shape index (κ3) is 8.65. The highest BCUT2D eigenvalue weighted by atomic mass is 19.3. The number of hydrogen-bond acceptors (Lipinski definition) is 8. The fraction of sp³-hybridized carbons (Fsp3) is 0.373. The molecule has 3 fully saturated rings. The van der Waals surface area contributed by atoms with Crippen LogP contribution < -0.4 is 10.6 Å². The number of benzene rings is 5. The number of nitrogens with zero attached hydrogens (tertiary/aromatic N) is 4. The van der Waals surface area contributed by atoms with Crippen molar-refractivity contribution >= 4 is 67.4 Å². The quantitative estimate of drug-likeness (QED) is 0.0888. The first kappa shape index (κ1) is 43.9. The molecule has 0 radical (unpaired) electrons. The lowest BCUT2D eigenvalue weighted by molar-refractivity contribution is -0.140. The van der Waals surface area contributed by atoms with E-state index in [1.807, 2.05) is 55.1 Å². The first-order chi connectivity index (χ1) is 32.4. The molecule has 0 spiro atoms. The Hall–Kier alpha value is -6.94. The van der Waals surface area contributed by atoms with Gasteiger partial charge in [0.25, 0.3) is 0 Å². The maximum atomic E-state index is 14.6. The number of methoxy groups -OCH3 is 1. The van der Waals surface area contributed by atoms with Gasteiger partial charge in [0, 0.05) is 35.7 Å². The number of alkyl halides is 2. The zero-order valence-electron chi connectivity index (χ0n) is 37.4. The summed E-state index contributed by atoms with van der Waals surface area (Å²) in [6.45, 7) is 1.35. The van der Waals surface area contributed by atoms with Crippen LogP contribution in [0.15, 0.2) is 91.0 Å². The second-order valence-corrected chi connectivity index (χ2v) is 18.4. The van der Waals surface area contributed by atoms with Crippen molar-refractivity contribution < 1.29 is 37.4 Å². The van der Waals surface area contributed by atoms with Crippen molar-refractivity contribution in [1.29, 1.82) is 0 Å². The number of aromatic amines is 2. The molecule has 0 bridgehead atoms. The van der Waals surface area contributed by atoms with Gasteiger partial charge in [-0.1, -0.05) is 80.6 Å². The molecule has 4 heterocycles. The number of halogens is 2. The molecule has 3 aliphatic rings. The molecule has 16 heteroatoms. The Kier molecular flexibility index (Phi) is 11.8. The van der Waals surface area contributed by atoms with Gasteiger partial charge in [0.05, 0.1) is 47.9 Å². The third-order valence-electron chi connectivity index (χ3n) is 13.6. The standard InChI is InChI=1S/C51H52F2N8O6/c1-27(2)41(59-51(65)66-3)48(63)60-21-7-10-39(60)45-54-37-19-15-33-23-31(13-17-35(33)43(37)56-45)32-14-18-36-34(24-32)16-20-38-44(36)57-46(55-38)40-22-28(26-67-50(52)53)25-61(40)49(64)42(29-8-5-4-6-9-29)58-47(62)30-11-12-30/h4-6,8-9,13-20,23-24,27-28,30,39-42,50H,7,10-12,21-22,25-26H2,1-3H3,(H,54,56)(H,55,57)(H,58,62)(H,59,65)/t28-,39-,40-,41-,42?/m0/s1. The minimum absolute atomic E-state index is 0.119. The van der Waals surface area contributed by atoms with Gasteiger partial charge in [0.1, 0.15) is 23.7 Å². The number of hydrogen-bond donors (Lipinski definition) is 4. The van der Waals surface area contributed by atoms with Crippen LogP contribution in [0.3, 0.4) is 0 Å². The number of rotatable bonds is 13. The van der Waals surface area contributed by atoms with Crippen LogP contribution in [0, 0.1) is 17.8 Å². The van der Waals surface area contributed by atoms with Crippen LogP contribution in [-0.4, -0.2) is 93.0 Å². The van der Waals surface area contributed by atoms with Gasteiger partial charge in [-0.25, -0.2) is 14.8 Å². The Balaban J connectivity index is 0.922. The number of amides is 4. The van der Waals surface area contributed by atoms with E-state index in [2.05, 4.69) is 63.1 Å². The lowest BCUT2D eigenvalue weighted by Crippen LogP contribution is -2.51. The van der Waals surface area contributed by atoms with Crippen LogP contribution in [0.2, 0.25) is 0 Å². The summed E-state index contributed by atoms with van der Waals surface area (Å²) in [6.07, 6.45) is 2.83. The summed E-state index contributed by atoms with van der Waals surface area (Å²) in [7, 11) is 1.28. The highest BCUT2D eigenvalue weighted by Gasteiger charge is 2.43. The summed E-state index contributed by atoms with van der Waals surface area (Å²) in [5, 5.41) is 9.61. The Morgan fingerprint density at radius 3 is 1.97 bits per heavy atom. The lowest BCUT2D eigenvalue weighted by Gasteiger charge is -2.29. The first-order valence-electron chi connectivity index (χ1n) is 23.0. The number of carbonyl (C=O) groups excluding carboxylic acids is 4. The SMILES string of the molecule is COC(=O)N[C@H](C(=O)N1CCC[C@H]1c1nc2ccc3cc(-c4ccc5c(ccc6nc([C@@H]7C[C@H](COC(F)F)CN7C(=O)C(NC(=O)C7CC7)c7ccccc7)[nH]c65)c4)ccc3c2[nH]1)C(C)C. The van der Waals surface area contributed by atoms with E-state index in [1.165, 1.54) is 7.11 Å². The summed E-state index contributed by atoms with van der Waals surface area (Å²) in [5.74, 6) is -0.0574. The number of imidazole rings is 2. The molecule has 1 saturated carbocycles. The van der Waals surface area contributed by atoms with Gasteiger partial charge in [-0.3, -0.25) is 14.4 Å². The van der Waals surface area contributed by atoms with Crippen LogP contribution in [-0.2, 0) is 23.9 Å². The van der Waals surface area contributed by atoms with Gasteiger partial charge < -0.3 is 39.9 Å². The largest absolute Gasteiger partial charge is 0.453 e. The third-order valence-corrected chi connectivity index (χ3v) is 13.6. The monoisotopic (exact) mass is 910 g/mol. The number of nitrogens with one attached hydrogen (secondary N) is 4. The molecule has 2 aliphatic heterocycles. The molecule has 67 heavy (non-hydrogen) atoms. The zero-order valence-corrected chi connectivity index (χ0v) is 37.4. The molecule has 2 saturated heterocycles. The van der Waals surface area contributed by atoms with Crippen LogP contribution in [0.25, 0.3) is 54.7 Å². The van der Waals surface area contributed by atoms with E-state index in [0.29, 0.717) is 35.7 Å². The Bertz CT molecular complexity index is 3020. The number of fused-ring (bicyclic) bond motifs is 6. The number of aromatic nitrogens is 4. The predicted molar refractivity (Wildman–Crippen MR) is 249 cm³/mol. The molecule has 2 aromatic heterocycles. The van der Waals surface area contributed by atoms with Gasteiger partial charge in [-0.15, -0.1) is 0 Å². The Morgan fingerprint density at radius 2 is 1.39 bits per heavy atom. The van der Waals surface area contributed by atoms with E-state index in [9.17, 15) is 28.0 Å². The molecular weight excluding hydrogens is 859 g/mol. The maximum absolute atomic E-state index is 14.6. The molecule has 4 amide bonds. The summed E-state index contributed by atoms with van der Waals surface area (Å²) in [5.41, 5.74) is 5.84. The van der Waals surface area contributed by atoms with Crippen LogP contribution in [0.1, 0.15) is 81.3 Å². The van der Waals surface area contributed by atoms with Gasteiger partial charge in [-0.05, 0) is 89.8 Å². The highest BCUT2D eigenvalue weighted by Crippen LogP contribution is 2.40. The van der Waals surface area contributed by atoms with Gasteiger partial charge in [0.15, 0.2) is 0 Å².